The predicted octanol–water partition coefficient (Wildman–Crippen LogP) is -0.125. The molecule has 1 aliphatic heterocycles. The summed E-state index contributed by atoms with van der Waals surface area (Å²) in [5.74, 6) is -0.292. The molecule has 2 N–H and O–H groups in total. The van der Waals surface area contributed by atoms with Gasteiger partial charge in [0.15, 0.2) is 0 Å². The van der Waals surface area contributed by atoms with Gasteiger partial charge in [0, 0.05) is 38.9 Å². The lowest BCUT2D eigenvalue weighted by Gasteiger charge is -2.33. The maximum atomic E-state index is 12.3. The summed E-state index contributed by atoms with van der Waals surface area (Å²) in [7, 11) is 1.55. The molecule has 1 aromatic heterocycles. The number of hydrogen-bond acceptors (Lipinski definition) is 4. The Hall–Kier alpha value is -1.95. The molecule has 6 nitrogen and oxygen atoms in total. The minimum atomic E-state index is -0.255. The molecular weight excluding hydrogens is 244 g/mol. The summed E-state index contributed by atoms with van der Waals surface area (Å²) < 4.78 is 0. The number of aromatic nitrogens is 1. The van der Waals surface area contributed by atoms with Gasteiger partial charge in [0.2, 0.25) is 0 Å². The highest BCUT2D eigenvalue weighted by Gasteiger charge is 2.24. The average molecular weight is 262 g/mol. The maximum absolute atomic E-state index is 12.3. The number of amides is 2. The molecule has 1 fully saturated rings. The summed E-state index contributed by atoms with van der Waals surface area (Å²) in [6, 6.07) is 3.38. The number of nitrogens with one attached hydrogen (secondary N) is 2. The van der Waals surface area contributed by atoms with E-state index < -0.39 is 0 Å². The standard InChI is InChI=1S/C13H18N4O2/c1-9-7-15-5-6-17(9)13(19)10-3-4-11(16-8-10)12(18)14-2/h3-4,8-9,15H,5-7H2,1-2H3,(H,14,18)/t9-/m0/s1. The minimum Gasteiger partial charge on any atom is -0.354 e. The van der Waals surface area contributed by atoms with Gasteiger partial charge in [0.1, 0.15) is 5.69 Å². The van der Waals surface area contributed by atoms with Gasteiger partial charge >= 0.3 is 0 Å². The Morgan fingerprint density at radius 1 is 1.47 bits per heavy atom. The number of rotatable bonds is 2. The fraction of sp³-hybridized carbons (Fsp3) is 0.462. The Labute approximate surface area is 112 Å². The summed E-state index contributed by atoms with van der Waals surface area (Å²) >= 11 is 0. The van der Waals surface area contributed by atoms with Gasteiger partial charge in [-0.05, 0) is 19.1 Å². The first-order valence-electron chi connectivity index (χ1n) is 6.33. The van der Waals surface area contributed by atoms with E-state index in [1.54, 1.807) is 19.2 Å². The normalized spacial score (nSPS) is 19.1. The molecule has 1 aromatic rings. The van der Waals surface area contributed by atoms with Crippen molar-refractivity contribution in [3.63, 3.8) is 0 Å². The average Bonchev–Trinajstić information content (AvgIpc) is 2.46. The maximum Gasteiger partial charge on any atom is 0.269 e. The number of carbonyl (C=O) groups is 2. The van der Waals surface area contributed by atoms with Crippen LogP contribution in [-0.4, -0.2) is 54.4 Å². The second-order valence-corrected chi connectivity index (χ2v) is 4.56. The van der Waals surface area contributed by atoms with Crippen molar-refractivity contribution < 1.29 is 9.59 Å². The molecule has 2 heterocycles. The quantitative estimate of drug-likeness (QED) is 0.779. The Bertz CT molecular complexity index is 472. The van der Waals surface area contributed by atoms with E-state index >= 15 is 0 Å². The Morgan fingerprint density at radius 2 is 2.26 bits per heavy atom. The molecule has 0 unspecified atom stereocenters. The van der Waals surface area contributed by atoms with Crippen molar-refractivity contribution >= 4 is 11.8 Å². The van der Waals surface area contributed by atoms with Gasteiger partial charge < -0.3 is 15.5 Å². The number of nitrogens with zero attached hydrogens (tertiary/aromatic N) is 2. The van der Waals surface area contributed by atoms with Gasteiger partial charge in [-0.2, -0.15) is 0 Å². The fourth-order valence-corrected chi connectivity index (χ4v) is 2.09. The number of pyridine rings is 1. The molecule has 0 aliphatic carbocycles. The number of carbonyl (C=O) groups excluding carboxylic acids is 2. The lowest BCUT2D eigenvalue weighted by Crippen LogP contribution is -2.52. The minimum absolute atomic E-state index is 0.0371. The molecule has 6 heteroatoms. The van der Waals surface area contributed by atoms with E-state index in [0.29, 0.717) is 17.8 Å². The molecule has 2 amide bonds. The van der Waals surface area contributed by atoms with Gasteiger partial charge in [-0.25, -0.2) is 0 Å². The molecule has 102 valence electrons. The molecule has 0 radical (unpaired) electrons. The van der Waals surface area contributed by atoms with Crippen LogP contribution in [0, 0.1) is 0 Å². The van der Waals surface area contributed by atoms with Crippen molar-refractivity contribution in [3.8, 4) is 0 Å². The zero-order valence-corrected chi connectivity index (χ0v) is 11.1. The molecule has 1 saturated heterocycles. The first kappa shape index (κ1) is 13.5. The first-order valence-corrected chi connectivity index (χ1v) is 6.33. The molecule has 0 bridgehead atoms. The van der Waals surface area contributed by atoms with Crippen LogP contribution in [0.25, 0.3) is 0 Å². The third-order valence-electron chi connectivity index (χ3n) is 3.23. The van der Waals surface area contributed by atoms with E-state index in [2.05, 4.69) is 15.6 Å². The highest BCUT2D eigenvalue weighted by atomic mass is 16.2. The molecule has 1 aliphatic rings. The molecule has 2 rings (SSSR count). The van der Waals surface area contributed by atoms with Crippen LogP contribution in [0.15, 0.2) is 18.3 Å². The number of piperazine rings is 1. The second-order valence-electron chi connectivity index (χ2n) is 4.56. The summed E-state index contributed by atoms with van der Waals surface area (Å²) in [6.07, 6.45) is 1.46. The van der Waals surface area contributed by atoms with Crippen molar-refractivity contribution in [1.29, 1.82) is 0 Å². The zero-order chi connectivity index (χ0) is 13.8. The highest BCUT2D eigenvalue weighted by Crippen LogP contribution is 2.10. The summed E-state index contributed by atoms with van der Waals surface area (Å²) in [5.41, 5.74) is 0.828. The monoisotopic (exact) mass is 262 g/mol. The molecule has 0 spiro atoms. The van der Waals surface area contributed by atoms with E-state index in [1.165, 1.54) is 6.20 Å². The first-order chi connectivity index (χ1) is 9.13. The van der Waals surface area contributed by atoms with Crippen LogP contribution in [0.3, 0.4) is 0 Å². The predicted molar refractivity (Wildman–Crippen MR) is 71.0 cm³/mol. The molecule has 0 saturated carbocycles. The third-order valence-corrected chi connectivity index (χ3v) is 3.23. The SMILES string of the molecule is CNC(=O)c1ccc(C(=O)N2CCNC[C@@H]2C)cn1. The van der Waals surface area contributed by atoms with Crippen LogP contribution >= 0.6 is 0 Å². The van der Waals surface area contributed by atoms with Crippen molar-refractivity contribution in [3.05, 3.63) is 29.6 Å². The van der Waals surface area contributed by atoms with Crippen molar-refractivity contribution in [2.75, 3.05) is 26.7 Å². The molecule has 1 atom stereocenters. The van der Waals surface area contributed by atoms with Crippen LogP contribution in [-0.2, 0) is 0 Å². The van der Waals surface area contributed by atoms with Crippen LogP contribution in [0.1, 0.15) is 27.8 Å². The number of hydrogen-bond donors (Lipinski definition) is 2. The van der Waals surface area contributed by atoms with Crippen LogP contribution in [0.2, 0.25) is 0 Å². The Balaban J connectivity index is 2.13. The molecule has 0 aromatic carbocycles. The van der Waals surface area contributed by atoms with E-state index in [9.17, 15) is 9.59 Å². The van der Waals surface area contributed by atoms with E-state index in [0.717, 1.165) is 13.1 Å². The molecule has 19 heavy (non-hydrogen) atoms. The lowest BCUT2D eigenvalue weighted by molar-refractivity contribution is 0.0655. The summed E-state index contributed by atoms with van der Waals surface area (Å²) in [4.78, 5) is 29.5. The Morgan fingerprint density at radius 3 is 2.84 bits per heavy atom. The van der Waals surface area contributed by atoms with Gasteiger partial charge in [-0.3, -0.25) is 14.6 Å². The second kappa shape index (κ2) is 5.79. The molecular formula is C13H18N4O2. The summed E-state index contributed by atoms with van der Waals surface area (Å²) in [6.45, 7) is 4.31. The van der Waals surface area contributed by atoms with E-state index in [1.807, 2.05) is 11.8 Å². The van der Waals surface area contributed by atoms with Gasteiger partial charge in [0.25, 0.3) is 11.8 Å². The highest BCUT2D eigenvalue weighted by molar-refractivity contribution is 5.96. The third kappa shape index (κ3) is 2.90. The fourth-order valence-electron chi connectivity index (χ4n) is 2.09. The van der Waals surface area contributed by atoms with Crippen LogP contribution < -0.4 is 10.6 Å². The van der Waals surface area contributed by atoms with Crippen molar-refractivity contribution in [1.82, 2.24) is 20.5 Å². The van der Waals surface area contributed by atoms with E-state index in [-0.39, 0.29) is 17.9 Å². The van der Waals surface area contributed by atoms with E-state index in [4.69, 9.17) is 0 Å². The van der Waals surface area contributed by atoms with Crippen LogP contribution in [0.4, 0.5) is 0 Å². The van der Waals surface area contributed by atoms with Crippen molar-refractivity contribution in [2.24, 2.45) is 0 Å². The lowest BCUT2D eigenvalue weighted by atomic mass is 10.1. The van der Waals surface area contributed by atoms with Gasteiger partial charge in [-0.1, -0.05) is 0 Å². The van der Waals surface area contributed by atoms with Gasteiger partial charge in [-0.15, -0.1) is 0 Å². The Kier molecular flexibility index (Phi) is 4.11. The topological polar surface area (TPSA) is 74.3 Å². The largest absolute Gasteiger partial charge is 0.354 e. The van der Waals surface area contributed by atoms with Gasteiger partial charge in [0.05, 0.1) is 5.56 Å². The smallest absolute Gasteiger partial charge is 0.269 e. The van der Waals surface area contributed by atoms with Crippen LogP contribution in [0.5, 0.6) is 0 Å². The van der Waals surface area contributed by atoms with Crippen molar-refractivity contribution in [2.45, 2.75) is 13.0 Å². The zero-order valence-electron chi connectivity index (χ0n) is 11.1. The summed E-state index contributed by atoms with van der Waals surface area (Å²) in [5, 5.41) is 5.74.